The third-order valence-corrected chi connectivity index (χ3v) is 6.46. The molecule has 3 aromatic heterocycles. The lowest BCUT2D eigenvalue weighted by Gasteiger charge is -2.32. The van der Waals surface area contributed by atoms with Crippen molar-refractivity contribution in [1.29, 1.82) is 0 Å². The van der Waals surface area contributed by atoms with E-state index < -0.39 is 0 Å². The van der Waals surface area contributed by atoms with E-state index in [9.17, 15) is 4.79 Å². The Morgan fingerprint density at radius 1 is 1.15 bits per heavy atom. The molecule has 1 saturated heterocycles. The summed E-state index contributed by atoms with van der Waals surface area (Å²) in [6.45, 7) is 4.89. The second kappa shape index (κ2) is 9.70. The minimum Gasteiger partial charge on any atom is -0.339 e. The Hall–Kier alpha value is -3.62. The number of hydrogen-bond acceptors (Lipinski definition) is 6. The van der Waals surface area contributed by atoms with Gasteiger partial charge in [0.2, 0.25) is 0 Å². The third kappa shape index (κ3) is 4.83. The molecule has 0 spiro atoms. The van der Waals surface area contributed by atoms with Gasteiger partial charge in [0.1, 0.15) is 17.7 Å². The molecule has 34 heavy (non-hydrogen) atoms. The molecule has 174 valence electrons. The lowest BCUT2D eigenvalue weighted by Crippen LogP contribution is -2.43. The summed E-state index contributed by atoms with van der Waals surface area (Å²) in [5, 5.41) is 7.34. The first kappa shape index (κ1) is 22.2. The number of nitrogens with one attached hydrogen (secondary N) is 3. The van der Waals surface area contributed by atoms with Crippen molar-refractivity contribution in [3.63, 3.8) is 0 Å². The zero-order valence-corrected chi connectivity index (χ0v) is 19.5. The van der Waals surface area contributed by atoms with Crippen LogP contribution in [0.5, 0.6) is 0 Å². The average Bonchev–Trinajstić information content (AvgIpc) is 3.31. The summed E-state index contributed by atoms with van der Waals surface area (Å²) in [7, 11) is 2.02. The summed E-state index contributed by atoms with van der Waals surface area (Å²) in [4.78, 5) is 31.4. The van der Waals surface area contributed by atoms with E-state index in [-0.39, 0.29) is 5.91 Å². The maximum absolute atomic E-state index is 12.8. The number of aryl methyl sites for hydroxylation is 1. The Morgan fingerprint density at radius 2 is 2.00 bits per heavy atom. The molecule has 0 aliphatic carbocycles. The fourth-order valence-corrected chi connectivity index (χ4v) is 4.54. The molecule has 0 bridgehead atoms. The number of pyridine rings is 1. The van der Waals surface area contributed by atoms with Gasteiger partial charge in [-0.2, -0.15) is 0 Å². The number of carbonyl (C=O) groups excluding carboxylic acids is 1. The highest BCUT2D eigenvalue weighted by Gasteiger charge is 2.19. The second-order valence-corrected chi connectivity index (χ2v) is 8.85. The summed E-state index contributed by atoms with van der Waals surface area (Å²) in [6, 6.07) is 14.2. The van der Waals surface area contributed by atoms with Crippen molar-refractivity contribution in [3.05, 3.63) is 71.9 Å². The van der Waals surface area contributed by atoms with Gasteiger partial charge in [-0.3, -0.25) is 14.7 Å². The fourth-order valence-electron chi connectivity index (χ4n) is 4.54. The Morgan fingerprint density at radius 3 is 2.79 bits per heavy atom. The smallest absolute Gasteiger partial charge is 0.274 e. The van der Waals surface area contributed by atoms with Gasteiger partial charge in [0, 0.05) is 42.1 Å². The number of likely N-dealkylation sites (N-methyl/N-ethyl adjacent to an activating group) is 1. The molecule has 1 amide bonds. The van der Waals surface area contributed by atoms with Gasteiger partial charge in [0.05, 0.1) is 5.69 Å². The van der Waals surface area contributed by atoms with E-state index in [1.165, 1.54) is 12.8 Å². The lowest BCUT2D eigenvalue weighted by atomic mass is 10.1. The van der Waals surface area contributed by atoms with Crippen molar-refractivity contribution in [3.8, 4) is 11.3 Å². The predicted molar refractivity (Wildman–Crippen MR) is 134 cm³/mol. The van der Waals surface area contributed by atoms with Crippen LogP contribution in [0.1, 0.15) is 34.6 Å². The normalized spacial score (nSPS) is 16.6. The lowest BCUT2D eigenvalue weighted by molar-refractivity contribution is 0.102. The van der Waals surface area contributed by atoms with E-state index in [0.717, 1.165) is 58.9 Å². The first-order valence-electron chi connectivity index (χ1n) is 11.7. The highest BCUT2D eigenvalue weighted by molar-refractivity contribution is 6.03. The third-order valence-electron chi connectivity index (χ3n) is 6.46. The zero-order chi connectivity index (χ0) is 23.5. The maximum Gasteiger partial charge on any atom is 0.274 e. The van der Waals surface area contributed by atoms with Crippen molar-refractivity contribution in [2.75, 3.05) is 25.5 Å². The van der Waals surface area contributed by atoms with Crippen molar-refractivity contribution in [1.82, 2.24) is 30.2 Å². The van der Waals surface area contributed by atoms with E-state index in [0.29, 0.717) is 11.7 Å². The predicted octanol–water partition coefficient (Wildman–Crippen LogP) is 3.76. The summed E-state index contributed by atoms with van der Waals surface area (Å²) in [5.41, 5.74) is 5.98. The molecule has 5 rings (SSSR count). The molecule has 1 atom stereocenters. The molecule has 1 aliphatic rings. The number of H-pyrrole nitrogens is 1. The number of anilines is 1. The fraction of sp³-hybridized carbons (Fsp3) is 0.308. The number of rotatable bonds is 6. The Bertz CT molecular complexity index is 1300. The van der Waals surface area contributed by atoms with Crippen LogP contribution in [0.25, 0.3) is 22.3 Å². The summed E-state index contributed by atoms with van der Waals surface area (Å²) < 4.78 is 0. The van der Waals surface area contributed by atoms with Crippen molar-refractivity contribution >= 4 is 22.6 Å². The molecule has 1 aliphatic heterocycles. The first-order chi connectivity index (χ1) is 16.6. The van der Waals surface area contributed by atoms with Gasteiger partial charge in [-0.25, -0.2) is 9.97 Å². The highest BCUT2D eigenvalue weighted by Crippen LogP contribution is 2.25. The van der Waals surface area contributed by atoms with Crippen LogP contribution in [0.4, 0.5) is 5.69 Å². The molecule has 0 saturated carbocycles. The van der Waals surface area contributed by atoms with Gasteiger partial charge < -0.3 is 15.6 Å². The summed E-state index contributed by atoms with van der Waals surface area (Å²) >= 11 is 0. The number of likely N-dealkylation sites (tertiary alicyclic amines) is 1. The van der Waals surface area contributed by atoms with Crippen LogP contribution in [-0.4, -0.2) is 56.9 Å². The van der Waals surface area contributed by atoms with Gasteiger partial charge in [0.25, 0.3) is 5.91 Å². The molecule has 3 N–H and O–H groups in total. The molecule has 8 heteroatoms. The number of aromatic nitrogens is 4. The van der Waals surface area contributed by atoms with Crippen LogP contribution in [0, 0.1) is 6.92 Å². The van der Waals surface area contributed by atoms with Crippen molar-refractivity contribution < 1.29 is 4.79 Å². The van der Waals surface area contributed by atoms with E-state index >= 15 is 0 Å². The molecule has 4 heterocycles. The number of fused-ring (bicyclic) bond motifs is 1. The van der Waals surface area contributed by atoms with E-state index in [4.69, 9.17) is 0 Å². The molecule has 1 unspecified atom stereocenters. The molecule has 1 fully saturated rings. The molecule has 8 nitrogen and oxygen atoms in total. The largest absolute Gasteiger partial charge is 0.339 e. The van der Waals surface area contributed by atoms with Gasteiger partial charge >= 0.3 is 0 Å². The molecular weight excluding hydrogens is 426 g/mol. The van der Waals surface area contributed by atoms with E-state index in [2.05, 4.69) is 41.5 Å². The highest BCUT2D eigenvalue weighted by atomic mass is 16.1. The molecule has 0 radical (unpaired) electrons. The zero-order valence-electron chi connectivity index (χ0n) is 19.5. The summed E-state index contributed by atoms with van der Waals surface area (Å²) in [5.74, 6) is -0.210. The van der Waals surface area contributed by atoms with Crippen molar-refractivity contribution in [2.45, 2.75) is 32.4 Å². The standard InChI is InChI=1S/C26H29N7O/c1-17-22-13-23(32-25(22)30-16-29-17)19-5-7-20(8-6-19)31-26(34)24-12-18(9-10-28-24)14-33-11-3-4-21(15-33)27-2/h5-10,12-13,16,21,27H,3-4,11,14-15H2,1-2H3,(H,31,34)(H,29,30,32). The Balaban J connectivity index is 1.25. The van der Waals surface area contributed by atoms with Crippen molar-refractivity contribution in [2.24, 2.45) is 0 Å². The molecular formula is C26H29N7O. The number of benzene rings is 1. The Kier molecular flexibility index (Phi) is 6.33. The number of hydrogen-bond donors (Lipinski definition) is 3. The monoisotopic (exact) mass is 455 g/mol. The topological polar surface area (TPSA) is 98.8 Å². The van der Waals surface area contributed by atoms with Crippen LogP contribution >= 0.6 is 0 Å². The van der Waals surface area contributed by atoms with Gasteiger partial charge in [0.15, 0.2) is 0 Å². The van der Waals surface area contributed by atoms with Crippen LogP contribution in [0.2, 0.25) is 0 Å². The van der Waals surface area contributed by atoms with E-state index in [1.54, 1.807) is 12.5 Å². The molecule has 4 aromatic rings. The van der Waals surface area contributed by atoms with Gasteiger partial charge in [-0.05, 0) is 74.8 Å². The number of carbonyl (C=O) groups is 1. The minimum absolute atomic E-state index is 0.210. The first-order valence-corrected chi connectivity index (χ1v) is 11.7. The molecule has 1 aromatic carbocycles. The SMILES string of the molecule is CNC1CCCN(Cc2ccnc(C(=O)Nc3ccc(-c4cc5c(C)ncnc5[nH]4)cc3)c2)C1. The van der Waals surface area contributed by atoms with Crippen LogP contribution in [0.15, 0.2) is 55.0 Å². The van der Waals surface area contributed by atoms with Crippen LogP contribution < -0.4 is 10.6 Å². The average molecular weight is 456 g/mol. The maximum atomic E-state index is 12.8. The van der Waals surface area contributed by atoms with Crippen LogP contribution in [-0.2, 0) is 6.54 Å². The summed E-state index contributed by atoms with van der Waals surface area (Å²) in [6.07, 6.45) is 5.67. The quantitative estimate of drug-likeness (QED) is 0.409. The number of nitrogens with zero attached hydrogens (tertiary/aromatic N) is 4. The van der Waals surface area contributed by atoms with E-state index in [1.807, 2.05) is 50.4 Å². The second-order valence-electron chi connectivity index (χ2n) is 8.85. The van der Waals surface area contributed by atoms with Crippen LogP contribution in [0.3, 0.4) is 0 Å². The van der Waals surface area contributed by atoms with Gasteiger partial charge in [-0.1, -0.05) is 12.1 Å². The van der Waals surface area contributed by atoms with Gasteiger partial charge in [-0.15, -0.1) is 0 Å². The Labute approximate surface area is 198 Å². The number of amides is 1. The number of aromatic amines is 1. The number of piperidine rings is 1. The minimum atomic E-state index is -0.210.